The summed E-state index contributed by atoms with van der Waals surface area (Å²) in [5, 5.41) is 4.62. The fourth-order valence-corrected chi connectivity index (χ4v) is 5.21. The molecule has 0 spiro atoms. The lowest BCUT2D eigenvalue weighted by Gasteiger charge is -2.11. The second kappa shape index (κ2) is 9.82. The van der Waals surface area contributed by atoms with Gasteiger partial charge in [0.1, 0.15) is 0 Å². The molecule has 11 heteroatoms. The van der Waals surface area contributed by atoms with Crippen LogP contribution in [0.25, 0.3) is 0 Å². The lowest BCUT2D eigenvalue weighted by molar-refractivity contribution is 0.102. The molecule has 8 nitrogen and oxygen atoms in total. The number of carbonyl (C=O) groups is 1. The van der Waals surface area contributed by atoms with Crippen LogP contribution >= 0.6 is 11.3 Å². The Labute approximate surface area is 191 Å². The molecule has 0 saturated carbocycles. The third-order valence-electron chi connectivity index (χ3n) is 4.46. The maximum absolute atomic E-state index is 12.5. The van der Waals surface area contributed by atoms with E-state index in [-0.39, 0.29) is 17.0 Å². The van der Waals surface area contributed by atoms with Crippen molar-refractivity contribution in [3.63, 3.8) is 0 Å². The normalized spacial score (nSPS) is 11.8. The highest BCUT2D eigenvalue weighted by atomic mass is 32.2. The van der Waals surface area contributed by atoms with Crippen molar-refractivity contribution in [2.45, 2.75) is 18.2 Å². The molecule has 3 aromatic rings. The minimum Gasteiger partial charge on any atom is -0.322 e. The highest BCUT2D eigenvalue weighted by Gasteiger charge is 2.15. The van der Waals surface area contributed by atoms with Crippen LogP contribution < -0.4 is 14.8 Å². The second-order valence-electron chi connectivity index (χ2n) is 7.11. The summed E-state index contributed by atoms with van der Waals surface area (Å²) in [5.74, 6) is -0.450. The Hall–Kier alpha value is -2.73. The number of nitrogens with one attached hydrogen (secondary N) is 3. The van der Waals surface area contributed by atoms with Gasteiger partial charge in [0.05, 0.1) is 16.8 Å². The lowest BCUT2D eigenvalue weighted by atomic mass is 10.1. The van der Waals surface area contributed by atoms with Crippen LogP contribution in [0.2, 0.25) is 0 Å². The van der Waals surface area contributed by atoms with Crippen LogP contribution in [-0.2, 0) is 26.5 Å². The van der Waals surface area contributed by atoms with Crippen LogP contribution in [0.4, 0.5) is 11.4 Å². The van der Waals surface area contributed by atoms with Crippen molar-refractivity contribution in [2.24, 2.45) is 0 Å². The molecular weight excluding hydrogens is 470 g/mol. The van der Waals surface area contributed by atoms with E-state index in [0.717, 1.165) is 11.1 Å². The van der Waals surface area contributed by atoms with Crippen molar-refractivity contribution in [3.05, 3.63) is 76.0 Å². The Kier molecular flexibility index (Phi) is 7.34. The molecule has 1 aromatic heterocycles. The first-order valence-corrected chi connectivity index (χ1v) is 13.8. The smallest absolute Gasteiger partial charge is 0.255 e. The first-order valence-electron chi connectivity index (χ1n) is 9.55. The van der Waals surface area contributed by atoms with Gasteiger partial charge in [0.15, 0.2) is 0 Å². The van der Waals surface area contributed by atoms with Gasteiger partial charge in [-0.05, 0) is 66.8 Å². The fourth-order valence-electron chi connectivity index (χ4n) is 2.84. The summed E-state index contributed by atoms with van der Waals surface area (Å²) in [6, 6.07) is 14.3. The summed E-state index contributed by atoms with van der Waals surface area (Å²) in [4.78, 5) is 13.7. The molecule has 0 unspecified atom stereocenters. The van der Waals surface area contributed by atoms with Crippen molar-refractivity contribution in [3.8, 4) is 0 Å². The van der Waals surface area contributed by atoms with Crippen molar-refractivity contribution in [1.82, 2.24) is 4.72 Å². The number of sulfonamides is 2. The number of anilines is 2. The van der Waals surface area contributed by atoms with E-state index in [1.807, 2.05) is 17.5 Å². The van der Waals surface area contributed by atoms with Crippen molar-refractivity contribution in [1.29, 1.82) is 0 Å². The molecule has 32 heavy (non-hydrogen) atoms. The Bertz CT molecular complexity index is 1300. The third kappa shape index (κ3) is 6.63. The molecule has 0 fully saturated rings. The largest absolute Gasteiger partial charge is 0.322 e. The van der Waals surface area contributed by atoms with E-state index < -0.39 is 26.0 Å². The maximum atomic E-state index is 12.5. The molecule has 0 aliphatic rings. The number of carbonyl (C=O) groups excluding carboxylic acids is 1. The molecule has 0 aliphatic carbocycles. The zero-order valence-electron chi connectivity index (χ0n) is 17.5. The molecule has 0 aliphatic heterocycles. The predicted octanol–water partition coefficient (Wildman–Crippen LogP) is 3.20. The lowest BCUT2D eigenvalue weighted by Crippen LogP contribution is -2.26. The Morgan fingerprint density at radius 3 is 2.34 bits per heavy atom. The number of amides is 1. The van der Waals surface area contributed by atoms with Gasteiger partial charge in [-0.15, -0.1) is 11.3 Å². The van der Waals surface area contributed by atoms with Gasteiger partial charge in [-0.2, -0.15) is 0 Å². The molecule has 0 saturated heterocycles. The number of benzene rings is 2. The molecule has 170 valence electrons. The van der Waals surface area contributed by atoms with Crippen LogP contribution in [0.3, 0.4) is 0 Å². The van der Waals surface area contributed by atoms with Crippen LogP contribution in [-0.4, -0.2) is 35.5 Å². The van der Waals surface area contributed by atoms with Gasteiger partial charge in [0, 0.05) is 22.7 Å². The molecule has 0 radical (unpaired) electrons. The van der Waals surface area contributed by atoms with E-state index in [2.05, 4.69) is 14.8 Å². The average Bonchev–Trinajstić information content (AvgIpc) is 3.23. The van der Waals surface area contributed by atoms with E-state index in [0.29, 0.717) is 23.4 Å². The summed E-state index contributed by atoms with van der Waals surface area (Å²) in [6.45, 7) is 2.02. The van der Waals surface area contributed by atoms with Gasteiger partial charge in [0.25, 0.3) is 5.91 Å². The van der Waals surface area contributed by atoms with Crippen LogP contribution in [0.1, 0.15) is 20.8 Å². The number of rotatable bonds is 9. The Balaban J connectivity index is 1.65. The standard InChI is InChI=1S/C21H23N3O5S3/c1-15-5-8-17(14-20(15)24-31(2,26)27)23-21(25)16-6-9-19(10-7-16)32(28,29)22-12-11-18-4-3-13-30-18/h3-10,13-14,22,24H,11-12H2,1-2H3,(H,23,25). The highest BCUT2D eigenvalue weighted by molar-refractivity contribution is 7.92. The molecule has 3 rings (SSSR count). The van der Waals surface area contributed by atoms with Crippen molar-refractivity contribution in [2.75, 3.05) is 22.8 Å². The number of hydrogen-bond acceptors (Lipinski definition) is 6. The minimum atomic E-state index is -3.68. The Morgan fingerprint density at radius 1 is 1.00 bits per heavy atom. The number of thiophene rings is 1. The van der Waals surface area contributed by atoms with Gasteiger partial charge >= 0.3 is 0 Å². The minimum absolute atomic E-state index is 0.0650. The van der Waals surface area contributed by atoms with Crippen LogP contribution in [0, 0.1) is 6.92 Å². The summed E-state index contributed by atoms with van der Waals surface area (Å²) < 4.78 is 52.8. The van der Waals surface area contributed by atoms with Gasteiger partial charge in [0.2, 0.25) is 20.0 Å². The molecule has 3 N–H and O–H groups in total. The van der Waals surface area contributed by atoms with Crippen molar-refractivity contribution < 1.29 is 21.6 Å². The summed E-state index contributed by atoms with van der Waals surface area (Å²) in [7, 11) is -7.15. The third-order valence-corrected chi connectivity index (χ3v) is 7.46. The molecule has 0 bridgehead atoms. The van der Waals surface area contributed by atoms with E-state index in [4.69, 9.17) is 0 Å². The number of hydrogen-bond donors (Lipinski definition) is 3. The fraction of sp³-hybridized carbons (Fsp3) is 0.190. The van der Waals surface area contributed by atoms with E-state index >= 15 is 0 Å². The SMILES string of the molecule is Cc1ccc(NC(=O)c2ccc(S(=O)(=O)NCCc3cccs3)cc2)cc1NS(C)(=O)=O. The summed E-state index contributed by atoms with van der Waals surface area (Å²) >= 11 is 1.57. The van der Waals surface area contributed by atoms with Crippen molar-refractivity contribution >= 4 is 48.7 Å². The van der Waals surface area contributed by atoms with Gasteiger partial charge < -0.3 is 5.32 Å². The van der Waals surface area contributed by atoms with Crippen LogP contribution in [0.5, 0.6) is 0 Å². The quantitative estimate of drug-likeness (QED) is 0.423. The number of aryl methyl sites for hydroxylation is 1. The zero-order chi connectivity index (χ0) is 23.4. The van der Waals surface area contributed by atoms with Gasteiger partial charge in [-0.25, -0.2) is 21.6 Å². The van der Waals surface area contributed by atoms with Gasteiger partial charge in [-0.1, -0.05) is 12.1 Å². The molecule has 1 heterocycles. The second-order valence-corrected chi connectivity index (χ2v) is 11.7. The molecule has 1 amide bonds. The Morgan fingerprint density at radius 2 is 1.72 bits per heavy atom. The monoisotopic (exact) mass is 493 g/mol. The molecular formula is C21H23N3O5S3. The van der Waals surface area contributed by atoms with Crippen LogP contribution in [0.15, 0.2) is 64.9 Å². The topological polar surface area (TPSA) is 121 Å². The van der Waals surface area contributed by atoms with E-state index in [9.17, 15) is 21.6 Å². The van der Waals surface area contributed by atoms with Gasteiger partial charge in [-0.3, -0.25) is 9.52 Å². The molecule has 2 aromatic carbocycles. The first-order chi connectivity index (χ1) is 15.0. The maximum Gasteiger partial charge on any atom is 0.255 e. The predicted molar refractivity (Wildman–Crippen MR) is 127 cm³/mol. The molecule has 0 atom stereocenters. The first kappa shape index (κ1) is 23.9. The summed E-state index contributed by atoms with van der Waals surface area (Å²) in [5.41, 5.74) is 1.73. The zero-order valence-corrected chi connectivity index (χ0v) is 19.9. The average molecular weight is 494 g/mol. The summed E-state index contributed by atoms with van der Waals surface area (Å²) in [6.07, 6.45) is 1.65. The van der Waals surface area contributed by atoms with E-state index in [1.165, 1.54) is 30.3 Å². The highest BCUT2D eigenvalue weighted by Crippen LogP contribution is 2.22. The van der Waals surface area contributed by atoms with E-state index in [1.54, 1.807) is 30.4 Å².